The first kappa shape index (κ1) is 13.9. The molecule has 7 nitrogen and oxygen atoms in total. The van der Waals surface area contributed by atoms with Crippen molar-refractivity contribution in [1.29, 1.82) is 0 Å². The number of rotatable bonds is 3. The van der Waals surface area contributed by atoms with Crippen LogP contribution in [0.4, 0.5) is 5.95 Å². The molecule has 0 aliphatic rings. The second-order valence-electron chi connectivity index (χ2n) is 4.30. The van der Waals surface area contributed by atoms with Crippen LogP contribution < -0.4 is 21.4 Å². The van der Waals surface area contributed by atoms with Crippen LogP contribution in [0.1, 0.15) is 5.56 Å². The first-order valence-electron chi connectivity index (χ1n) is 6.02. The van der Waals surface area contributed by atoms with Gasteiger partial charge in [-0.25, -0.2) is 14.2 Å². The van der Waals surface area contributed by atoms with E-state index < -0.39 is 11.4 Å². The van der Waals surface area contributed by atoms with E-state index >= 15 is 0 Å². The SMILES string of the molecule is CNc1nc(=O)n(-c2ccc(OC)c(C)c2)c(=O)n1C. The summed E-state index contributed by atoms with van der Waals surface area (Å²) in [6.07, 6.45) is 0. The summed E-state index contributed by atoms with van der Waals surface area (Å²) < 4.78 is 7.46. The number of methoxy groups -OCH3 is 1. The van der Waals surface area contributed by atoms with Crippen molar-refractivity contribution in [3.05, 3.63) is 44.7 Å². The van der Waals surface area contributed by atoms with Crippen molar-refractivity contribution >= 4 is 5.95 Å². The highest BCUT2D eigenvalue weighted by Crippen LogP contribution is 2.19. The average Bonchev–Trinajstić information content (AvgIpc) is 2.43. The molecule has 0 spiro atoms. The zero-order valence-corrected chi connectivity index (χ0v) is 11.8. The molecule has 0 unspecified atom stereocenters. The normalized spacial score (nSPS) is 10.4. The van der Waals surface area contributed by atoms with Crippen molar-refractivity contribution in [2.45, 2.75) is 6.92 Å². The second kappa shape index (κ2) is 5.20. The van der Waals surface area contributed by atoms with Crippen LogP contribution in [0.25, 0.3) is 5.69 Å². The summed E-state index contributed by atoms with van der Waals surface area (Å²) in [6, 6.07) is 5.07. The third-order valence-corrected chi connectivity index (χ3v) is 3.05. The van der Waals surface area contributed by atoms with Gasteiger partial charge in [0.25, 0.3) is 0 Å². The van der Waals surface area contributed by atoms with Crippen LogP contribution in [0.3, 0.4) is 0 Å². The van der Waals surface area contributed by atoms with E-state index in [0.29, 0.717) is 11.4 Å². The van der Waals surface area contributed by atoms with Crippen molar-refractivity contribution in [3.63, 3.8) is 0 Å². The highest BCUT2D eigenvalue weighted by molar-refractivity contribution is 5.43. The van der Waals surface area contributed by atoms with Gasteiger partial charge in [-0.05, 0) is 30.7 Å². The standard InChI is InChI=1S/C13H16N4O3/c1-8-7-9(5-6-10(8)20-4)17-12(18)15-11(14-2)16(3)13(17)19/h5-7H,1-4H3,(H,14,15,18). The zero-order chi connectivity index (χ0) is 14.9. The number of ether oxygens (including phenoxy) is 1. The molecule has 0 bridgehead atoms. The van der Waals surface area contributed by atoms with E-state index in [1.807, 2.05) is 6.92 Å². The molecule has 1 aromatic heterocycles. The van der Waals surface area contributed by atoms with Crippen molar-refractivity contribution in [2.24, 2.45) is 7.05 Å². The molecule has 0 aliphatic heterocycles. The van der Waals surface area contributed by atoms with Crippen LogP contribution in [-0.2, 0) is 7.05 Å². The molecule has 1 N–H and O–H groups in total. The lowest BCUT2D eigenvalue weighted by Gasteiger charge is -2.11. The molecule has 0 fully saturated rings. The quantitative estimate of drug-likeness (QED) is 0.871. The molecule has 0 saturated carbocycles. The minimum atomic E-state index is -0.623. The molecule has 0 atom stereocenters. The fourth-order valence-corrected chi connectivity index (χ4v) is 1.98. The van der Waals surface area contributed by atoms with Crippen molar-refractivity contribution in [3.8, 4) is 11.4 Å². The van der Waals surface area contributed by atoms with Gasteiger partial charge in [-0.2, -0.15) is 4.98 Å². The lowest BCUT2D eigenvalue weighted by atomic mass is 10.2. The summed E-state index contributed by atoms with van der Waals surface area (Å²) in [7, 11) is 4.72. The highest BCUT2D eigenvalue weighted by atomic mass is 16.5. The molecule has 20 heavy (non-hydrogen) atoms. The van der Waals surface area contributed by atoms with Crippen molar-refractivity contribution < 1.29 is 4.74 Å². The van der Waals surface area contributed by atoms with Crippen LogP contribution in [-0.4, -0.2) is 28.3 Å². The van der Waals surface area contributed by atoms with Gasteiger partial charge in [0.2, 0.25) is 5.95 Å². The fourth-order valence-electron chi connectivity index (χ4n) is 1.98. The molecule has 2 rings (SSSR count). The summed E-state index contributed by atoms with van der Waals surface area (Å²) in [5.41, 5.74) is 0.210. The monoisotopic (exact) mass is 276 g/mol. The van der Waals surface area contributed by atoms with Crippen LogP contribution in [0, 0.1) is 6.92 Å². The number of nitrogens with zero attached hydrogens (tertiary/aromatic N) is 3. The Bertz CT molecular complexity index is 761. The first-order valence-corrected chi connectivity index (χ1v) is 6.02. The largest absolute Gasteiger partial charge is 0.496 e. The molecule has 0 amide bonds. The summed E-state index contributed by atoms with van der Waals surface area (Å²) in [5.74, 6) is 0.917. The van der Waals surface area contributed by atoms with E-state index in [4.69, 9.17) is 4.74 Å². The van der Waals surface area contributed by atoms with Crippen LogP contribution in [0.2, 0.25) is 0 Å². The molecule has 2 aromatic rings. The van der Waals surface area contributed by atoms with E-state index in [-0.39, 0.29) is 5.95 Å². The Balaban J connectivity index is 2.71. The van der Waals surface area contributed by atoms with Crippen molar-refractivity contribution in [2.75, 3.05) is 19.5 Å². The Hall–Kier alpha value is -2.57. The molecule has 1 heterocycles. The number of hydrogen-bond acceptors (Lipinski definition) is 5. The summed E-state index contributed by atoms with van der Waals surface area (Å²) in [5, 5.41) is 2.70. The maximum atomic E-state index is 12.3. The number of aromatic nitrogens is 3. The van der Waals surface area contributed by atoms with E-state index in [2.05, 4.69) is 10.3 Å². The van der Waals surface area contributed by atoms with E-state index in [9.17, 15) is 9.59 Å². The van der Waals surface area contributed by atoms with Gasteiger partial charge >= 0.3 is 11.4 Å². The number of benzene rings is 1. The molecular weight excluding hydrogens is 260 g/mol. The van der Waals surface area contributed by atoms with E-state index in [1.54, 1.807) is 39.4 Å². The van der Waals surface area contributed by atoms with Gasteiger partial charge in [0.05, 0.1) is 12.8 Å². The number of nitrogens with one attached hydrogen (secondary N) is 1. The Labute approximate surface area is 115 Å². The molecule has 0 radical (unpaired) electrons. The molecule has 1 aromatic carbocycles. The van der Waals surface area contributed by atoms with Gasteiger partial charge < -0.3 is 10.1 Å². The second-order valence-corrected chi connectivity index (χ2v) is 4.30. The van der Waals surface area contributed by atoms with E-state index in [0.717, 1.165) is 10.1 Å². The number of anilines is 1. The molecule has 0 saturated heterocycles. The summed E-state index contributed by atoms with van der Waals surface area (Å²) in [4.78, 5) is 28.1. The van der Waals surface area contributed by atoms with Crippen LogP contribution in [0.5, 0.6) is 5.75 Å². The minimum Gasteiger partial charge on any atom is -0.496 e. The first-order chi connectivity index (χ1) is 9.49. The highest BCUT2D eigenvalue weighted by Gasteiger charge is 2.12. The summed E-state index contributed by atoms with van der Waals surface area (Å²) in [6.45, 7) is 1.84. The Morgan fingerprint density at radius 3 is 2.55 bits per heavy atom. The lowest BCUT2D eigenvalue weighted by molar-refractivity contribution is 0.411. The van der Waals surface area contributed by atoms with Gasteiger partial charge in [-0.1, -0.05) is 0 Å². The molecule has 0 aliphatic carbocycles. The average molecular weight is 276 g/mol. The van der Waals surface area contributed by atoms with Gasteiger partial charge in [0.1, 0.15) is 5.75 Å². The predicted molar refractivity (Wildman–Crippen MR) is 75.9 cm³/mol. The van der Waals surface area contributed by atoms with Gasteiger partial charge in [0, 0.05) is 14.1 Å². The van der Waals surface area contributed by atoms with Crippen LogP contribution >= 0.6 is 0 Å². The molecule has 106 valence electrons. The van der Waals surface area contributed by atoms with Gasteiger partial charge in [-0.3, -0.25) is 4.57 Å². The minimum absolute atomic E-state index is 0.224. The summed E-state index contributed by atoms with van der Waals surface area (Å²) >= 11 is 0. The van der Waals surface area contributed by atoms with Crippen molar-refractivity contribution in [1.82, 2.24) is 14.1 Å². The molecular formula is C13H16N4O3. The fraction of sp³-hybridized carbons (Fsp3) is 0.308. The number of aryl methyl sites for hydroxylation is 1. The Morgan fingerprint density at radius 1 is 1.30 bits per heavy atom. The predicted octanol–water partition coefficient (Wildman–Crippen LogP) is 0.290. The lowest BCUT2D eigenvalue weighted by Crippen LogP contribution is -2.40. The Kier molecular flexibility index (Phi) is 3.60. The third-order valence-electron chi connectivity index (χ3n) is 3.05. The smallest absolute Gasteiger partial charge is 0.359 e. The zero-order valence-electron chi connectivity index (χ0n) is 11.8. The maximum Gasteiger partial charge on any atom is 0.359 e. The van der Waals surface area contributed by atoms with Gasteiger partial charge in [0.15, 0.2) is 0 Å². The Morgan fingerprint density at radius 2 is 2.00 bits per heavy atom. The van der Waals surface area contributed by atoms with E-state index in [1.165, 1.54) is 4.57 Å². The topological polar surface area (TPSA) is 78.2 Å². The van der Waals surface area contributed by atoms with Gasteiger partial charge in [-0.15, -0.1) is 0 Å². The van der Waals surface area contributed by atoms with Crippen LogP contribution in [0.15, 0.2) is 27.8 Å². The number of hydrogen-bond donors (Lipinski definition) is 1. The maximum absolute atomic E-state index is 12.3. The molecule has 7 heteroatoms. The third kappa shape index (κ3) is 2.18.